The summed E-state index contributed by atoms with van der Waals surface area (Å²) in [7, 11) is 0. The summed E-state index contributed by atoms with van der Waals surface area (Å²) in [6.45, 7) is 3.10. The van der Waals surface area contributed by atoms with E-state index in [1.165, 1.54) is 24.3 Å². The molecule has 20 heavy (non-hydrogen) atoms. The zero-order valence-corrected chi connectivity index (χ0v) is 11.7. The van der Waals surface area contributed by atoms with E-state index in [1.807, 2.05) is 0 Å². The molecule has 0 aliphatic rings. The molecule has 0 saturated heterocycles. The molecule has 1 aromatic rings. The Balaban J connectivity index is 2.24. The third kappa shape index (κ3) is 6.94. The zero-order valence-electron chi connectivity index (χ0n) is 11.7. The summed E-state index contributed by atoms with van der Waals surface area (Å²) < 4.78 is 18.0. The molecule has 0 heterocycles. The van der Waals surface area contributed by atoms with Crippen molar-refractivity contribution in [3.63, 3.8) is 0 Å². The minimum atomic E-state index is -0.758. The van der Waals surface area contributed by atoms with Crippen molar-refractivity contribution in [3.05, 3.63) is 30.1 Å². The smallest absolute Gasteiger partial charge is 0.188 e. The van der Waals surface area contributed by atoms with Gasteiger partial charge in [-0.15, -0.1) is 0 Å². The maximum Gasteiger partial charge on any atom is 0.188 e. The number of guanidine groups is 1. The highest BCUT2D eigenvalue weighted by atomic mass is 19.1. The normalized spacial score (nSPS) is 13.1. The van der Waals surface area contributed by atoms with E-state index in [0.717, 1.165) is 19.4 Å². The van der Waals surface area contributed by atoms with Crippen molar-refractivity contribution in [2.75, 3.05) is 19.7 Å². The number of aliphatic imine (C=N–C) groups is 1. The fraction of sp³-hybridized carbons (Fsp3) is 0.500. The van der Waals surface area contributed by atoms with Crippen molar-refractivity contribution in [1.82, 2.24) is 5.32 Å². The molecule has 0 amide bonds. The van der Waals surface area contributed by atoms with Crippen LogP contribution in [-0.4, -0.2) is 36.9 Å². The number of rotatable bonds is 8. The Labute approximate surface area is 118 Å². The fourth-order valence-corrected chi connectivity index (χ4v) is 1.43. The van der Waals surface area contributed by atoms with E-state index in [0.29, 0.717) is 11.7 Å². The number of aliphatic hydroxyl groups excluding tert-OH is 1. The Kier molecular flexibility index (Phi) is 7.42. The van der Waals surface area contributed by atoms with Crippen LogP contribution >= 0.6 is 0 Å². The van der Waals surface area contributed by atoms with Crippen molar-refractivity contribution in [2.24, 2.45) is 10.7 Å². The summed E-state index contributed by atoms with van der Waals surface area (Å²) in [5.41, 5.74) is 5.63. The lowest BCUT2D eigenvalue weighted by Crippen LogP contribution is -2.34. The SMILES string of the molecule is CCCCNC(N)=NCC(O)COc1ccc(F)cc1. The molecule has 4 N–H and O–H groups in total. The van der Waals surface area contributed by atoms with E-state index < -0.39 is 6.10 Å². The number of nitrogens with zero attached hydrogens (tertiary/aromatic N) is 1. The van der Waals surface area contributed by atoms with Crippen LogP contribution in [0.25, 0.3) is 0 Å². The molecule has 1 aromatic carbocycles. The maximum atomic E-state index is 12.7. The highest BCUT2D eigenvalue weighted by Crippen LogP contribution is 2.11. The highest BCUT2D eigenvalue weighted by molar-refractivity contribution is 5.77. The van der Waals surface area contributed by atoms with Gasteiger partial charge in [0.05, 0.1) is 6.54 Å². The predicted molar refractivity (Wildman–Crippen MR) is 77.3 cm³/mol. The van der Waals surface area contributed by atoms with Gasteiger partial charge in [-0.2, -0.15) is 0 Å². The Hall–Kier alpha value is -1.82. The molecule has 6 heteroatoms. The molecule has 0 aliphatic carbocycles. The second-order valence-corrected chi connectivity index (χ2v) is 4.43. The number of nitrogens with two attached hydrogens (primary N) is 1. The molecule has 0 saturated carbocycles. The third-order valence-electron chi connectivity index (χ3n) is 2.56. The van der Waals surface area contributed by atoms with Crippen molar-refractivity contribution >= 4 is 5.96 Å². The molecule has 0 radical (unpaired) electrons. The highest BCUT2D eigenvalue weighted by Gasteiger charge is 2.05. The average Bonchev–Trinajstić information content (AvgIpc) is 2.45. The van der Waals surface area contributed by atoms with Crippen LogP contribution in [0.5, 0.6) is 5.75 Å². The molecule has 5 nitrogen and oxygen atoms in total. The first-order valence-electron chi connectivity index (χ1n) is 6.72. The Bertz CT molecular complexity index is 409. The minimum absolute atomic E-state index is 0.0807. The van der Waals surface area contributed by atoms with Gasteiger partial charge < -0.3 is 20.9 Å². The predicted octanol–water partition coefficient (Wildman–Crippen LogP) is 1.27. The number of hydrogen-bond acceptors (Lipinski definition) is 3. The number of aliphatic hydroxyl groups is 1. The van der Waals surface area contributed by atoms with Gasteiger partial charge >= 0.3 is 0 Å². The molecule has 0 fully saturated rings. The van der Waals surface area contributed by atoms with Gasteiger partial charge in [0.1, 0.15) is 24.3 Å². The molecule has 0 aliphatic heterocycles. The number of ether oxygens (including phenoxy) is 1. The van der Waals surface area contributed by atoms with E-state index in [-0.39, 0.29) is 19.0 Å². The van der Waals surface area contributed by atoms with Gasteiger partial charge in [-0.05, 0) is 30.7 Å². The Morgan fingerprint density at radius 3 is 2.80 bits per heavy atom. The van der Waals surface area contributed by atoms with Crippen LogP contribution in [0.1, 0.15) is 19.8 Å². The van der Waals surface area contributed by atoms with E-state index in [2.05, 4.69) is 17.2 Å². The van der Waals surface area contributed by atoms with Gasteiger partial charge in [0.2, 0.25) is 0 Å². The van der Waals surface area contributed by atoms with Crippen LogP contribution in [0.3, 0.4) is 0 Å². The standard InChI is InChI=1S/C14H22FN3O2/c1-2-3-8-17-14(16)18-9-12(19)10-20-13-6-4-11(15)5-7-13/h4-7,12,19H,2-3,8-10H2,1H3,(H3,16,17,18). The maximum absolute atomic E-state index is 12.7. The number of unbranched alkanes of at least 4 members (excludes halogenated alkanes) is 1. The average molecular weight is 283 g/mol. The van der Waals surface area contributed by atoms with Crippen molar-refractivity contribution in [2.45, 2.75) is 25.9 Å². The van der Waals surface area contributed by atoms with Crippen LogP contribution in [0.15, 0.2) is 29.3 Å². The summed E-state index contributed by atoms with van der Waals surface area (Å²) in [6, 6.07) is 5.61. The third-order valence-corrected chi connectivity index (χ3v) is 2.56. The van der Waals surface area contributed by atoms with E-state index in [1.54, 1.807) is 0 Å². The largest absolute Gasteiger partial charge is 0.491 e. The van der Waals surface area contributed by atoms with Gasteiger partial charge in [-0.1, -0.05) is 13.3 Å². The topological polar surface area (TPSA) is 79.9 Å². The number of hydrogen-bond donors (Lipinski definition) is 3. The summed E-state index contributed by atoms with van der Waals surface area (Å²) in [6.07, 6.45) is 1.34. The number of benzene rings is 1. The lowest BCUT2D eigenvalue weighted by atomic mass is 10.3. The monoisotopic (exact) mass is 283 g/mol. The Morgan fingerprint density at radius 1 is 1.45 bits per heavy atom. The van der Waals surface area contributed by atoms with E-state index in [9.17, 15) is 9.50 Å². The molecule has 1 unspecified atom stereocenters. The second-order valence-electron chi connectivity index (χ2n) is 4.43. The molecular formula is C14H22FN3O2. The summed E-state index contributed by atoms with van der Waals surface area (Å²) in [4.78, 5) is 4.02. The molecule has 1 atom stereocenters. The molecule has 0 spiro atoms. The van der Waals surface area contributed by atoms with Gasteiger partial charge in [-0.25, -0.2) is 4.39 Å². The first kappa shape index (κ1) is 16.2. The molecule has 112 valence electrons. The van der Waals surface area contributed by atoms with Gasteiger partial charge in [-0.3, -0.25) is 4.99 Å². The first-order valence-corrected chi connectivity index (χ1v) is 6.72. The van der Waals surface area contributed by atoms with E-state index >= 15 is 0 Å². The Morgan fingerprint density at radius 2 is 2.15 bits per heavy atom. The van der Waals surface area contributed by atoms with Gasteiger partial charge in [0, 0.05) is 6.54 Å². The number of halogens is 1. The van der Waals surface area contributed by atoms with Crippen LogP contribution < -0.4 is 15.8 Å². The van der Waals surface area contributed by atoms with E-state index in [4.69, 9.17) is 10.5 Å². The molecular weight excluding hydrogens is 261 g/mol. The zero-order chi connectivity index (χ0) is 14.8. The molecule has 0 aromatic heterocycles. The number of nitrogens with one attached hydrogen (secondary N) is 1. The quantitative estimate of drug-likeness (QED) is 0.381. The van der Waals surface area contributed by atoms with Gasteiger partial charge in [0.25, 0.3) is 0 Å². The second kappa shape index (κ2) is 9.14. The summed E-state index contributed by atoms with van der Waals surface area (Å²) in [5, 5.41) is 12.6. The minimum Gasteiger partial charge on any atom is -0.491 e. The molecule has 0 bridgehead atoms. The van der Waals surface area contributed by atoms with Crippen molar-refractivity contribution in [1.29, 1.82) is 0 Å². The van der Waals surface area contributed by atoms with Gasteiger partial charge in [0.15, 0.2) is 5.96 Å². The molecule has 1 rings (SSSR count). The van der Waals surface area contributed by atoms with Crippen molar-refractivity contribution < 1.29 is 14.2 Å². The van der Waals surface area contributed by atoms with Crippen LogP contribution in [-0.2, 0) is 0 Å². The fourth-order valence-electron chi connectivity index (χ4n) is 1.43. The summed E-state index contributed by atoms with van der Waals surface area (Å²) in [5.74, 6) is 0.496. The lowest BCUT2D eigenvalue weighted by Gasteiger charge is -2.11. The van der Waals surface area contributed by atoms with Crippen LogP contribution in [0.2, 0.25) is 0 Å². The summed E-state index contributed by atoms with van der Waals surface area (Å²) >= 11 is 0. The van der Waals surface area contributed by atoms with Crippen molar-refractivity contribution in [3.8, 4) is 5.75 Å². The van der Waals surface area contributed by atoms with Crippen LogP contribution in [0.4, 0.5) is 4.39 Å². The van der Waals surface area contributed by atoms with Crippen LogP contribution in [0, 0.1) is 5.82 Å². The first-order chi connectivity index (χ1) is 9.61. The lowest BCUT2D eigenvalue weighted by molar-refractivity contribution is 0.114.